The number of aryl methyl sites for hydroxylation is 1. The smallest absolute Gasteiger partial charge is 0.252 e. The Morgan fingerprint density at radius 2 is 2.28 bits per heavy atom. The molecule has 2 rings (SSSR count). The van der Waals surface area contributed by atoms with E-state index >= 15 is 0 Å². The summed E-state index contributed by atoms with van der Waals surface area (Å²) >= 11 is 2.25. The first-order valence-electron chi connectivity index (χ1n) is 6.45. The first-order valence-corrected chi connectivity index (χ1v) is 7.53. The van der Waals surface area contributed by atoms with E-state index < -0.39 is 0 Å². The molecule has 0 radical (unpaired) electrons. The second-order valence-corrected chi connectivity index (χ2v) is 5.89. The average molecular weight is 358 g/mol. The lowest BCUT2D eigenvalue weighted by molar-refractivity contribution is 0.0934. The molecule has 3 nitrogen and oxygen atoms in total. The third-order valence-electron chi connectivity index (χ3n) is 3.32. The highest BCUT2D eigenvalue weighted by atomic mass is 127. The van der Waals surface area contributed by atoms with Crippen molar-refractivity contribution in [3.05, 3.63) is 32.9 Å². The zero-order valence-electron chi connectivity index (χ0n) is 10.6. The molecule has 1 amide bonds. The van der Waals surface area contributed by atoms with E-state index in [1.165, 1.54) is 12.8 Å². The summed E-state index contributed by atoms with van der Waals surface area (Å²) in [6.45, 7) is 3.98. The van der Waals surface area contributed by atoms with Crippen molar-refractivity contribution in [3.63, 3.8) is 0 Å². The SMILES string of the molecule is Cc1cccc(C(=O)NC2CCCCNC2)c1I. The monoisotopic (exact) mass is 358 g/mol. The number of hydrogen-bond acceptors (Lipinski definition) is 2. The van der Waals surface area contributed by atoms with Gasteiger partial charge in [-0.3, -0.25) is 4.79 Å². The van der Waals surface area contributed by atoms with E-state index in [0.717, 1.165) is 34.2 Å². The Labute approximate surface area is 122 Å². The van der Waals surface area contributed by atoms with Crippen molar-refractivity contribution in [2.45, 2.75) is 32.2 Å². The van der Waals surface area contributed by atoms with Crippen molar-refractivity contribution in [1.29, 1.82) is 0 Å². The van der Waals surface area contributed by atoms with Gasteiger partial charge in [0.15, 0.2) is 0 Å². The van der Waals surface area contributed by atoms with E-state index in [1.807, 2.05) is 25.1 Å². The van der Waals surface area contributed by atoms with Crippen molar-refractivity contribution >= 4 is 28.5 Å². The van der Waals surface area contributed by atoms with Gasteiger partial charge in [0.1, 0.15) is 0 Å². The summed E-state index contributed by atoms with van der Waals surface area (Å²) in [6, 6.07) is 6.13. The molecule has 1 saturated heterocycles. The van der Waals surface area contributed by atoms with E-state index in [4.69, 9.17) is 0 Å². The number of amides is 1. The summed E-state index contributed by atoms with van der Waals surface area (Å²) in [7, 11) is 0. The second kappa shape index (κ2) is 6.52. The van der Waals surface area contributed by atoms with Crippen LogP contribution in [0.1, 0.15) is 35.2 Å². The molecule has 98 valence electrons. The molecule has 1 fully saturated rings. The lowest BCUT2D eigenvalue weighted by Gasteiger charge is -2.17. The maximum Gasteiger partial charge on any atom is 0.252 e. The van der Waals surface area contributed by atoms with Crippen molar-refractivity contribution in [2.24, 2.45) is 0 Å². The van der Waals surface area contributed by atoms with Gasteiger partial charge in [0.05, 0.1) is 5.56 Å². The minimum absolute atomic E-state index is 0.0526. The van der Waals surface area contributed by atoms with Crippen LogP contribution in [0.3, 0.4) is 0 Å². The maximum absolute atomic E-state index is 12.3. The molecule has 1 aromatic rings. The standard InChI is InChI=1S/C14H19IN2O/c1-10-5-4-7-12(13(10)15)14(18)17-11-6-2-3-8-16-9-11/h4-5,7,11,16H,2-3,6,8-9H2,1H3,(H,17,18). The third-order valence-corrected chi connectivity index (χ3v) is 4.75. The van der Waals surface area contributed by atoms with Crippen LogP contribution in [0.4, 0.5) is 0 Å². The minimum atomic E-state index is 0.0526. The van der Waals surface area contributed by atoms with E-state index in [9.17, 15) is 4.79 Å². The number of nitrogens with one attached hydrogen (secondary N) is 2. The van der Waals surface area contributed by atoms with Gasteiger partial charge >= 0.3 is 0 Å². The molecule has 1 atom stereocenters. The molecule has 1 aliphatic rings. The number of carbonyl (C=O) groups excluding carboxylic acids is 1. The normalized spacial score (nSPS) is 20.2. The van der Waals surface area contributed by atoms with Gasteiger partial charge in [-0.25, -0.2) is 0 Å². The van der Waals surface area contributed by atoms with Crippen LogP contribution in [0.15, 0.2) is 18.2 Å². The van der Waals surface area contributed by atoms with E-state index in [2.05, 4.69) is 33.2 Å². The van der Waals surface area contributed by atoms with E-state index in [1.54, 1.807) is 0 Å². The highest BCUT2D eigenvalue weighted by molar-refractivity contribution is 14.1. The van der Waals surface area contributed by atoms with Crippen LogP contribution >= 0.6 is 22.6 Å². The number of benzene rings is 1. The Kier molecular flexibility index (Phi) is 5.00. The van der Waals surface area contributed by atoms with Crippen LogP contribution in [0.5, 0.6) is 0 Å². The Morgan fingerprint density at radius 3 is 3.11 bits per heavy atom. The second-order valence-electron chi connectivity index (χ2n) is 4.81. The van der Waals surface area contributed by atoms with Gasteiger partial charge in [-0.1, -0.05) is 18.6 Å². The first kappa shape index (κ1) is 13.8. The Morgan fingerprint density at radius 1 is 1.44 bits per heavy atom. The Bertz CT molecular complexity index is 426. The highest BCUT2D eigenvalue weighted by Gasteiger charge is 2.17. The van der Waals surface area contributed by atoms with Gasteiger partial charge in [-0.05, 0) is 60.5 Å². The predicted octanol–water partition coefficient (Wildman–Crippen LogP) is 2.47. The summed E-state index contributed by atoms with van der Waals surface area (Å²) in [4.78, 5) is 12.3. The lowest BCUT2D eigenvalue weighted by Crippen LogP contribution is -2.41. The van der Waals surface area contributed by atoms with Gasteiger partial charge in [0, 0.05) is 16.2 Å². The quantitative estimate of drug-likeness (QED) is 0.798. The number of rotatable bonds is 2. The van der Waals surface area contributed by atoms with Gasteiger partial charge in [-0.2, -0.15) is 0 Å². The Balaban J connectivity index is 2.04. The Hall–Kier alpha value is -0.620. The summed E-state index contributed by atoms with van der Waals surface area (Å²) in [5.74, 6) is 0.0526. The van der Waals surface area contributed by atoms with Crippen molar-refractivity contribution in [3.8, 4) is 0 Å². The lowest BCUT2D eigenvalue weighted by atomic mass is 10.1. The molecule has 0 bridgehead atoms. The molecule has 0 spiro atoms. The maximum atomic E-state index is 12.3. The minimum Gasteiger partial charge on any atom is -0.348 e. The van der Waals surface area contributed by atoms with Crippen molar-refractivity contribution in [1.82, 2.24) is 10.6 Å². The molecular formula is C14H19IN2O. The zero-order chi connectivity index (χ0) is 13.0. The van der Waals surface area contributed by atoms with Crippen LogP contribution in [0.2, 0.25) is 0 Å². The number of hydrogen-bond donors (Lipinski definition) is 2. The molecule has 1 unspecified atom stereocenters. The van der Waals surface area contributed by atoms with Crippen LogP contribution in [0, 0.1) is 10.5 Å². The number of carbonyl (C=O) groups is 1. The zero-order valence-corrected chi connectivity index (χ0v) is 12.8. The molecule has 1 aliphatic heterocycles. The average Bonchev–Trinajstić information content (AvgIpc) is 2.61. The van der Waals surface area contributed by atoms with E-state index in [-0.39, 0.29) is 11.9 Å². The molecular weight excluding hydrogens is 339 g/mol. The fourth-order valence-corrected chi connectivity index (χ4v) is 2.83. The van der Waals surface area contributed by atoms with Gasteiger partial charge < -0.3 is 10.6 Å². The fraction of sp³-hybridized carbons (Fsp3) is 0.500. The van der Waals surface area contributed by atoms with Gasteiger partial charge in [0.25, 0.3) is 5.91 Å². The summed E-state index contributed by atoms with van der Waals surface area (Å²) in [5.41, 5.74) is 1.95. The molecule has 0 aromatic heterocycles. The van der Waals surface area contributed by atoms with E-state index in [0.29, 0.717) is 0 Å². The highest BCUT2D eigenvalue weighted by Crippen LogP contribution is 2.17. The van der Waals surface area contributed by atoms with Crippen LogP contribution < -0.4 is 10.6 Å². The number of halogens is 1. The summed E-state index contributed by atoms with van der Waals surface area (Å²) in [5, 5.41) is 6.50. The molecule has 0 aliphatic carbocycles. The summed E-state index contributed by atoms with van der Waals surface area (Å²) < 4.78 is 1.05. The first-order chi connectivity index (χ1) is 8.68. The van der Waals surface area contributed by atoms with Gasteiger partial charge in [0.2, 0.25) is 0 Å². The molecule has 2 N–H and O–H groups in total. The molecule has 18 heavy (non-hydrogen) atoms. The molecule has 4 heteroatoms. The fourth-order valence-electron chi connectivity index (χ4n) is 2.23. The topological polar surface area (TPSA) is 41.1 Å². The molecule has 1 heterocycles. The molecule has 1 aromatic carbocycles. The van der Waals surface area contributed by atoms with Crippen LogP contribution in [-0.2, 0) is 0 Å². The third kappa shape index (κ3) is 3.45. The van der Waals surface area contributed by atoms with Crippen molar-refractivity contribution < 1.29 is 4.79 Å². The van der Waals surface area contributed by atoms with Crippen LogP contribution in [0.25, 0.3) is 0 Å². The largest absolute Gasteiger partial charge is 0.348 e. The summed E-state index contributed by atoms with van der Waals surface area (Å²) in [6.07, 6.45) is 3.46. The van der Waals surface area contributed by atoms with Crippen LogP contribution in [-0.4, -0.2) is 25.0 Å². The van der Waals surface area contributed by atoms with Gasteiger partial charge in [-0.15, -0.1) is 0 Å². The predicted molar refractivity (Wildman–Crippen MR) is 81.9 cm³/mol. The molecule has 0 saturated carbocycles. The van der Waals surface area contributed by atoms with Crippen molar-refractivity contribution in [2.75, 3.05) is 13.1 Å².